The first-order valence-electron chi connectivity index (χ1n) is 5.46. The van der Waals surface area contributed by atoms with Crippen molar-refractivity contribution < 1.29 is 4.92 Å². The summed E-state index contributed by atoms with van der Waals surface area (Å²) < 4.78 is 0. The van der Waals surface area contributed by atoms with Crippen LogP contribution >= 0.6 is 11.8 Å². The molecular formula is C13H12N2O2S. The van der Waals surface area contributed by atoms with Crippen molar-refractivity contribution in [1.82, 2.24) is 4.98 Å². The molecule has 0 aliphatic rings. The van der Waals surface area contributed by atoms with E-state index in [0.717, 1.165) is 16.9 Å². The number of pyridine rings is 1. The van der Waals surface area contributed by atoms with Crippen LogP contribution in [0.5, 0.6) is 0 Å². The highest BCUT2D eigenvalue weighted by Crippen LogP contribution is 2.21. The lowest BCUT2D eigenvalue weighted by atomic mass is 10.1. The normalized spacial score (nSPS) is 10.2. The third kappa shape index (κ3) is 3.85. The van der Waals surface area contributed by atoms with Gasteiger partial charge < -0.3 is 0 Å². The molecule has 4 nitrogen and oxygen atoms in total. The molecule has 0 N–H and O–H groups in total. The van der Waals surface area contributed by atoms with E-state index >= 15 is 0 Å². The standard InChI is InChI=1S/C13H12N2O2S/c16-15(17)9-11-1-3-12(4-2-11)10-18-13-5-7-14-8-6-13/h1-8H,9-10H2. The minimum absolute atomic E-state index is 0.113. The molecule has 0 bridgehead atoms. The van der Waals surface area contributed by atoms with E-state index in [0.29, 0.717) is 0 Å². The Morgan fingerprint density at radius 3 is 2.28 bits per heavy atom. The largest absolute Gasteiger partial charge is 0.265 e. The molecule has 1 heterocycles. The van der Waals surface area contributed by atoms with E-state index in [2.05, 4.69) is 4.98 Å². The number of benzene rings is 1. The van der Waals surface area contributed by atoms with Gasteiger partial charge in [-0.25, -0.2) is 0 Å². The Bertz CT molecular complexity index is 514. The SMILES string of the molecule is O=[N+]([O-])Cc1ccc(CSc2ccncc2)cc1. The van der Waals surface area contributed by atoms with Crippen LogP contribution < -0.4 is 0 Å². The highest BCUT2D eigenvalue weighted by Gasteiger charge is 2.01. The maximum absolute atomic E-state index is 10.4. The van der Waals surface area contributed by atoms with Crippen LogP contribution in [0, 0.1) is 10.1 Å². The van der Waals surface area contributed by atoms with Gasteiger partial charge in [0, 0.05) is 33.5 Å². The number of thioether (sulfide) groups is 1. The van der Waals surface area contributed by atoms with Gasteiger partial charge in [-0.2, -0.15) is 0 Å². The van der Waals surface area contributed by atoms with Crippen molar-refractivity contribution in [3.8, 4) is 0 Å². The Kier molecular flexibility index (Phi) is 4.30. The van der Waals surface area contributed by atoms with Crippen LogP contribution in [0.15, 0.2) is 53.7 Å². The second-order valence-electron chi connectivity index (χ2n) is 3.78. The molecule has 5 heteroatoms. The van der Waals surface area contributed by atoms with E-state index in [-0.39, 0.29) is 11.5 Å². The fourth-order valence-electron chi connectivity index (χ4n) is 1.49. The zero-order chi connectivity index (χ0) is 12.8. The monoisotopic (exact) mass is 260 g/mol. The Labute approximate surface area is 109 Å². The summed E-state index contributed by atoms with van der Waals surface area (Å²) in [4.78, 5) is 15.2. The number of nitro groups is 1. The molecule has 0 saturated carbocycles. The third-order valence-corrected chi connectivity index (χ3v) is 3.47. The van der Waals surface area contributed by atoms with Crippen molar-refractivity contribution in [2.75, 3.05) is 0 Å². The van der Waals surface area contributed by atoms with Gasteiger partial charge in [-0.15, -0.1) is 11.8 Å². The second-order valence-corrected chi connectivity index (χ2v) is 4.83. The van der Waals surface area contributed by atoms with Gasteiger partial charge in [-0.05, 0) is 17.7 Å². The van der Waals surface area contributed by atoms with E-state index in [1.807, 2.05) is 36.4 Å². The molecule has 2 rings (SSSR count). The average Bonchev–Trinajstić information content (AvgIpc) is 2.38. The lowest BCUT2D eigenvalue weighted by Crippen LogP contribution is -1.97. The molecule has 0 spiro atoms. The van der Waals surface area contributed by atoms with Crippen molar-refractivity contribution in [3.63, 3.8) is 0 Å². The van der Waals surface area contributed by atoms with Crippen molar-refractivity contribution in [2.45, 2.75) is 17.2 Å². The molecule has 2 aromatic rings. The summed E-state index contributed by atoms with van der Waals surface area (Å²) >= 11 is 1.72. The molecule has 1 aromatic heterocycles. The lowest BCUT2D eigenvalue weighted by Gasteiger charge is -2.02. The van der Waals surface area contributed by atoms with E-state index in [1.165, 1.54) is 4.90 Å². The van der Waals surface area contributed by atoms with Crippen LogP contribution in [0.3, 0.4) is 0 Å². The topological polar surface area (TPSA) is 56.0 Å². The maximum atomic E-state index is 10.4. The molecule has 0 fully saturated rings. The van der Waals surface area contributed by atoms with Crippen LogP contribution in [0.4, 0.5) is 0 Å². The molecule has 0 saturated heterocycles. The Morgan fingerprint density at radius 2 is 1.67 bits per heavy atom. The van der Waals surface area contributed by atoms with Crippen molar-refractivity contribution in [3.05, 3.63) is 70.0 Å². The first-order valence-corrected chi connectivity index (χ1v) is 6.45. The minimum Gasteiger partial charge on any atom is -0.265 e. The first-order chi connectivity index (χ1) is 8.74. The molecule has 0 atom stereocenters. The molecule has 1 aromatic carbocycles. The van der Waals surface area contributed by atoms with Crippen LogP contribution in [-0.4, -0.2) is 9.91 Å². The van der Waals surface area contributed by atoms with Gasteiger partial charge >= 0.3 is 0 Å². The van der Waals surface area contributed by atoms with Crippen LogP contribution in [-0.2, 0) is 12.3 Å². The predicted octanol–water partition coefficient (Wildman–Crippen LogP) is 3.15. The number of hydrogen-bond acceptors (Lipinski definition) is 4. The second kappa shape index (κ2) is 6.16. The molecule has 0 radical (unpaired) electrons. The Morgan fingerprint density at radius 1 is 1.06 bits per heavy atom. The summed E-state index contributed by atoms with van der Waals surface area (Å²) in [6, 6.07) is 11.4. The van der Waals surface area contributed by atoms with Crippen molar-refractivity contribution in [2.24, 2.45) is 0 Å². The van der Waals surface area contributed by atoms with Gasteiger partial charge in [-0.3, -0.25) is 15.1 Å². The van der Waals surface area contributed by atoms with Crippen LogP contribution in [0.1, 0.15) is 11.1 Å². The van der Waals surface area contributed by atoms with E-state index in [1.54, 1.807) is 24.2 Å². The molecule has 0 aliphatic heterocycles. The summed E-state index contributed by atoms with van der Waals surface area (Å²) in [5.74, 6) is 0.850. The van der Waals surface area contributed by atoms with Gasteiger partial charge in [-0.1, -0.05) is 24.3 Å². The zero-order valence-corrected chi connectivity index (χ0v) is 10.5. The van der Waals surface area contributed by atoms with E-state index in [4.69, 9.17) is 0 Å². The summed E-state index contributed by atoms with van der Waals surface area (Å²) in [6.07, 6.45) is 3.53. The van der Waals surface area contributed by atoms with Gasteiger partial charge in [0.05, 0.1) is 0 Å². The number of nitrogens with zero attached hydrogens (tertiary/aromatic N) is 2. The average molecular weight is 260 g/mol. The van der Waals surface area contributed by atoms with Gasteiger partial charge in [0.1, 0.15) is 0 Å². The molecule has 0 amide bonds. The number of rotatable bonds is 5. The van der Waals surface area contributed by atoms with E-state index < -0.39 is 0 Å². The van der Waals surface area contributed by atoms with E-state index in [9.17, 15) is 10.1 Å². The van der Waals surface area contributed by atoms with Gasteiger partial charge in [0.2, 0.25) is 6.54 Å². The maximum Gasteiger partial charge on any atom is 0.228 e. The summed E-state index contributed by atoms with van der Waals surface area (Å²) in [5, 5.41) is 10.4. The zero-order valence-electron chi connectivity index (χ0n) is 9.65. The number of hydrogen-bond donors (Lipinski definition) is 0. The highest BCUT2D eigenvalue weighted by atomic mass is 32.2. The Balaban J connectivity index is 1.92. The highest BCUT2D eigenvalue weighted by molar-refractivity contribution is 7.98. The first kappa shape index (κ1) is 12.6. The third-order valence-electron chi connectivity index (χ3n) is 2.39. The quantitative estimate of drug-likeness (QED) is 0.471. The van der Waals surface area contributed by atoms with Crippen LogP contribution in [0.2, 0.25) is 0 Å². The minimum atomic E-state index is -0.319. The van der Waals surface area contributed by atoms with Crippen molar-refractivity contribution >= 4 is 11.8 Å². The van der Waals surface area contributed by atoms with Crippen molar-refractivity contribution in [1.29, 1.82) is 0 Å². The Hall–Kier alpha value is -1.88. The smallest absolute Gasteiger partial charge is 0.228 e. The summed E-state index contributed by atoms with van der Waals surface area (Å²) in [5.41, 5.74) is 1.89. The molecule has 92 valence electrons. The molecular weight excluding hydrogens is 248 g/mol. The fourth-order valence-corrected chi connectivity index (χ4v) is 2.33. The van der Waals surface area contributed by atoms with Crippen LogP contribution in [0.25, 0.3) is 0 Å². The molecule has 0 aliphatic carbocycles. The predicted molar refractivity (Wildman–Crippen MR) is 70.9 cm³/mol. The summed E-state index contributed by atoms with van der Waals surface area (Å²) in [6.45, 7) is -0.113. The summed E-state index contributed by atoms with van der Waals surface area (Å²) in [7, 11) is 0. The van der Waals surface area contributed by atoms with Gasteiger partial charge in [0.15, 0.2) is 0 Å². The number of aromatic nitrogens is 1. The molecule has 0 unspecified atom stereocenters. The molecule has 18 heavy (non-hydrogen) atoms. The fraction of sp³-hybridized carbons (Fsp3) is 0.154. The van der Waals surface area contributed by atoms with Gasteiger partial charge in [0.25, 0.3) is 0 Å². The lowest BCUT2D eigenvalue weighted by molar-refractivity contribution is -0.496.